The predicted molar refractivity (Wildman–Crippen MR) is 56.6 cm³/mol. The minimum atomic E-state index is 0.396. The molecule has 5 nitrogen and oxygen atoms in total. The number of tetrazole rings is 1. The van der Waals surface area contributed by atoms with Gasteiger partial charge in [-0.1, -0.05) is 22.8 Å². The van der Waals surface area contributed by atoms with E-state index in [1.54, 1.807) is 6.07 Å². The topological polar surface area (TPSA) is 66.5 Å². The first-order valence-corrected chi connectivity index (χ1v) is 4.89. The molecule has 0 fully saturated rings. The molecule has 0 amide bonds. The maximum Gasteiger partial charge on any atom is 0.267 e. The molecule has 0 aliphatic carbocycles. The van der Waals surface area contributed by atoms with E-state index in [0.717, 1.165) is 10.2 Å². The third-order valence-corrected chi connectivity index (χ3v) is 2.94. The van der Waals surface area contributed by atoms with Crippen LogP contribution >= 0.6 is 27.5 Å². The highest BCUT2D eigenvalue weighted by molar-refractivity contribution is 9.10. The number of H-pyrrole nitrogens is 1. The summed E-state index contributed by atoms with van der Waals surface area (Å²) in [6, 6.07) is 5.47. The lowest BCUT2D eigenvalue weighted by atomic mass is 10.3. The molecule has 0 spiro atoms. The number of nitrogens with zero attached hydrogens (tertiary/aromatic N) is 3. The molecule has 1 aromatic carbocycles. The molecule has 1 aromatic heterocycles. The van der Waals surface area contributed by atoms with Crippen molar-refractivity contribution in [2.24, 2.45) is 0 Å². The highest BCUT2D eigenvalue weighted by atomic mass is 79.9. The molecule has 72 valence electrons. The first kappa shape index (κ1) is 9.42. The number of benzene rings is 1. The summed E-state index contributed by atoms with van der Waals surface area (Å²) >= 11 is 9.25. The molecular formula is C7H5BrClN5. The van der Waals surface area contributed by atoms with Gasteiger partial charge in [-0.2, -0.15) is 5.21 Å². The lowest BCUT2D eigenvalue weighted by molar-refractivity contribution is 0.881. The van der Waals surface area contributed by atoms with Crippen LogP contribution in [0.15, 0.2) is 22.7 Å². The van der Waals surface area contributed by atoms with Gasteiger partial charge in [-0.3, -0.25) is 0 Å². The van der Waals surface area contributed by atoms with Gasteiger partial charge in [0.05, 0.1) is 15.2 Å². The molecular weight excluding hydrogens is 269 g/mol. The van der Waals surface area contributed by atoms with Crippen LogP contribution in [0.4, 0.5) is 11.6 Å². The predicted octanol–water partition coefficient (Wildman–Crippen LogP) is 2.36. The summed E-state index contributed by atoms with van der Waals surface area (Å²) in [7, 11) is 0. The zero-order valence-corrected chi connectivity index (χ0v) is 9.17. The second-order valence-electron chi connectivity index (χ2n) is 2.46. The summed E-state index contributed by atoms with van der Waals surface area (Å²) in [5.74, 6) is 0.396. The Balaban J connectivity index is 2.29. The minimum absolute atomic E-state index is 0.396. The minimum Gasteiger partial charge on any atom is -0.320 e. The van der Waals surface area contributed by atoms with Crippen LogP contribution in [-0.2, 0) is 0 Å². The number of aromatic amines is 1. The number of hydrogen-bond donors (Lipinski definition) is 2. The van der Waals surface area contributed by atoms with Crippen molar-refractivity contribution in [3.8, 4) is 0 Å². The molecule has 14 heavy (non-hydrogen) atoms. The SMILES string of the molecule is Clc1cccc(Nc2nn[nH]n2)c1Br. The summed E-state index contributed by atoms with van der Waals surface area (Å²) < 4.78 is 0.770. The molecule has 1 heterocycles. The van der Waals surface area contributed by atoms with Gasteiger partial charge in [-0.15, -0.1) is 5.10 Å². The lowest BCUT2D eigenvalue weighted by Gasteiger charge is -2.04. The highest BCUT2D eigenvalue weighted by Gasteiger charge is 2.05. The van der Waals surface area contributed by atoms with Crippen LogP contribution in [0, 0.1) is 0 Å². The van der Waals surface area contributed by atoms with Crippen LogP contribution in [0.5, 0.6) is 0 Å². The summed E-state index contributed by atoms with van der Waals surface area (Å²) in [5, 5.41) is 16.9. The first-order valence-electron chi connectivity index (χ1n) is 3.72. The van der Waals surface area contributed by atoms with Gasteiger partial charge >= 0.3 is 0 Å². The number of aromatic nitrogens is 4. The van der Waals surface area contributed by atoms with E-state index < -0.39 is 0 Å². The number of hydrogen-bond acceptors (Lipinski definition) is 4. The lowest BCUT2D eigenvalue weighted by Crippen LogP contribution is -1.93. The molecule has 0 bridgehead atoms. The Morgan fingerprint density at radius 3 is 3.00 bits per heavy atom. The van der Waals surface area contributed by atoms with Crippen molar-refractivity contribution in [1.29, 1.82) is 0 Å². The average Bonchev–Trinajstić information content (AvgIpc) is 2.66. The first-order chi connectivity index (χ1) is 6.77. The molecule has 0 unspecified atom stereocenters. The van der Waals surface area contributed by atoms with Crippen LogP contribution in [0.3, 0.4) is 0 Å². The Morgan fingerprint density at radius 1 is 1.43 bits per heavy atom. The summed E-state index contributed by atoms with van der Waals surface area (Å²) in [6.07, 6.45) is 0. The van der Waals surface area contributed by atoms with Crippen molar-refractivity contribution in [3.05, 3.63) is 27.7 Å². The molecule has 2 N–H and O–H groups in total. The maximum atomic E-state index is 5.90. The second kappa shape index (κ2) is 3.93. The van der Waals surface area contributed by atoms with Gasteiger partial charge < -0.3 is 5.32 Å². The number of halogens is 2. The molecule has 0 atom stereocenters. The van der Waals surface area contributed by atoms with Gasteiger partial charge in [0.1, 0.15) is 0 Å². The van der Waals surface area contributed by atoms with Crippen molar-refractivity contribution in [2.45, 2.75) is 0 Å². The van der Waals surface area contributed by atoms with Crippen LogP contribution < -0.4 is 5.32 Å². The van der Waals surface area contributed by atoms with E-state index in [2.05, 4.69) is 41.9 Å². The zero-order valence-electron chi connectivity index (χ0n) is 6.83. The molecule has 0 aliphatic heterocycles. The van der Waals surface area contributed by atoms with Crippen molar-refractivity contribution in [1.82, 2.24) is 20.6 Å². The molecule has 2 rings (SSSR count). The Kier molecular flexibility index (Phi) is 2.64. The summed E-state index contributed by atoms with van der Waals surface area (Å²) in [4.78, 5) is 0. The van der Waals surface area contributed by atoms with Crippen LogP contribution in [-0.4, -0.2) is 20.6 Å². The van der Waals surface area contributed by atoms with E-state index in [9.17, 15) is 0 Å². The van der Waals surface area contributed by atoms with Crippen molar-refractivity contribution < 1.29 is 0 Å². The van der Waals surface area contributed by atoms with Crippen LogP contribution in [0.2, 0.25) is 5.02 Å². The monoisotopic (exact) mass is 273 g/mol. The third kappa shape index (κ3) is 1.85. The zero-order chi connectivity index (χ0) is 9.97. The molecule has 0 aliphatic rings. The van der Waals surface area contributed by atoms with Gasteiger partial charge in [0.15, 0.2) is 0 Å². The highest BCUT2D eigenvalue weighted by Crippen LogP contribution is 2.30. The number of nitrogens with one attached hydrogen (secondary N) is 2. The molecule has 2 aromatic rings. The largest absolute Gasteiger partial charge is 0.320 e. The van der Waals surface area contributed by atoms with E-state index in [1.165, 1.54) is 0 Å². The normalized spacial score (nSPS) is 10.1. The third-order valence-electron chi connectivity index (χ3n) is 1.54. The summed E-state index contributed by atoms with van der Waals surface area (Å²) in [6.45, 7) is 0. The second-order valence-corrected chi connectivity index (χ2v) is 3.66. The number of anilines is 2. The van der Waals surface area contributed by atoms with E-state index in [4.69, 9.17) is 11.6 Å². The fourth-order valence-electron chi connectivity index (χ4n) is 0.936. The van der Waals surface area contributed by atoms with Crippen molar-refractivity contribution in [2.75, 3.05) is 5.32 Å². The smallest absolute Gasteiger partial charge is 0.267 e. The van der Waals surface area contributed by atoms with Crippen molar-refractivity contribution >= 4 is 39.2 Å². The van der Waals surface area contributed by atoms with E-state index in [1.807, 2.05) is 12.1 Å². The Bertz CT molecular complexity index is 430. The van der Waals surface area contributed by atoms with Gasteiger partial charge in [0.2, 0.25) is 0 Å². The Morgan fingerprint density at radius 2 is 2.29 bits per heavy atom. The Hall–Kier alpha value is -1.14. The van der Waals surface area contributed by atoms with Crippen LogP contribution in [0.1, 0.15) is 0 Å². The van der Waals surface area contributed by atoms with Crippen LogP contribution in [0.25, 0.3) is 0 Å². The average molecular weight is 275 g/mol. The van der Waals surface area contributed by atoms with E-state index >= 15 is 0 Å². The quantitative estimate of drug-likeness (QED) is 0.882. The van der Waals surface area contributed by atoms with Gasteiger partial charge in [0, 0.05) is 0 Å². The molecule has 0 saturated carbocycles. The molecule has 7 heteroatoms. The van der Waals surface area contributed by atoms with Gasteiger partial charge in [0.25, 0.3) is 5.95 Å². The summed E-state index contributed by atoms with van der Waals surface area (Å²) in [5.41, 5.74) is 0.791. The van der Waals surface area contributed by atoms with E-state index in [-0.39, 0.29) is 0 Å². The van der Waals surface area contributed by atoms with Gasteiger partial charge in [-0.05, 0) is 33.3 Å². The molecule has 0 saturated heterocycles. The van der Waals surface area contributed by atoms with Gasteiger partial charge in [-0.25, -0.2) is 0 Å². The number of rotatable bonds is 2. The fourth-order valence-corrected chi connectivity index (χ4v) is 1.47. The van der Waals surface area contributed by atoms with E-state index in [0.29, 0.717) is 11.0 Å². The van der Waals surface area contributed by atoms with Crippen molar-refractivity contribution in [3.63, 3.8) is 0 Å². The maximum absolute atomic E-state index is 5.90. The molecule has 0 radical (unpaired) electrons. The Labute approximate surface area is 93.0 Å². The fraction of sp³-hybridized carbons (Fsp3) is 0. The standard InChI is InChI=1S/C7H5BrClN5/c8-6-4(9)2-1-3-5(6)10-7-11-13-14-12-7/h1-3H,(H2,10,11,12,13,14).